The Balaban J connectivity index is 1.73. The summed E-state index contributed by atoms with van der Waals surface area (Å²) < 4.78 is 8.06. The summed E-state index contributed by atoms with van der Waals surface area (Å²) in [6, 6.07) is 23.0. The maximum Gasteiger partial charge on any atom is 0.261 e. The lowest BCUT2D eigenvalue weighted by Gasteiger charge is -2.44. The van der Waals surface area contributed by atoms with Crippen LogP contribution in [0.15, 0.2) is 84.3 Å². The minimum Gasteiger partial charge on any atom is -0.618 e. The van der Waals surface area contributed by atoms with E-state index in [1.807, 2.05) is 24.5 Å². The molecule has 176 valence electrons. The van der Waals surface area contributed by atoms with E-state index in [-0.39, 0.29) is 11.1 Å². The Hall–Kier alpha value is -2.74. The second kappa shape index (κ2) is 9.86. The van der Waals surface area contributed by atoms with Gasteiger partial charge in [-0.1, -0.05) is 93.2 Å². The molecule has 0 unspecified atom stereocenters. The molecule has 0 saturated carbocycles. The summed E-state index contributed by atoms with van der Waals surface area (Å²) in [6.45, 7) is 8.85. The molecule has 4 aromatic rings. The minimum atomic E-state index is -2.69. The fourth-order valence-corrected chi connectivity index (χ4v) is 9.67. The van der Waals surface area contributed by atoms with Gasteiger partial charge in [0.1, 0.15) is 5.52 Å². The highest BCUT2D eigenvalue weighted by Gasteiger charge is 2.51. The van der Waals surface area contributed by atoms with Crippen molar-refractivity contribution in [3.63, 3.8) is 0 Å². The van der Waals surface area contributed by atoms with Crippen LogP contribution in [-0.4, -0.2) is 30.6 Å². The van der Waals surface area contributed by atoms with Crippen molar-refractivity contribution in [2.24, 2.45) is 0 Å². The fourth-order valence-electron chi connectivity index (χ4n) is 4.62. The lowest BCUT2D eigenvalue weighted by Crippen LogP contribution is -2.67. The van der Waals surface area contributed by atoms with Crippen molar-refractivity contribution in [3.8, 4) is 0 Å². The van der Waals surface area contributed by atoms with Gasteiger partial charge in [0.2, 0.25) is 6.20 Å². The van der Waals surface area contributed by atoms with Gasteiger partial charge in [0, 0.05) is 17.6 Å². The monoisotopic (exact) mass is 489 g/mol. The van der Waals surface area contributed by atoms with Crippen LogP contribution in [0.1, 0.15) is 33.4 Å². The van der Waals surface area contributed by atoms with Gasteiger partial charge in [-0.3, -0.25) is 0 Å². The van der Waals surface area contributed by atoms with E-state index in [4.69, 9.17) is 4.43 Å². The van der Waals surface area contributed by atoms with Gasteiger partial charge in [0.25, 0.3) is 8.32 Å². The Morgan fingerprint density at radius 1 is 1.03 bits per heavy atom. The van der Waals surface area contributed by atoms with E-state index < -0.39 is 8.32 Å². The van der Waals surface area contributed by atoms with Crippen LogP contribution in [0.2, 0.25) is 5.04 Å². The number of pyridine rings is 1. The summed E-state index contributed by atoms with van der Waals surface area (Å²) in [5.74, 6) is 0. The van der Waals surface area contributed by atoms with E-state index in [1.165, 1.54) is 22.1 Å². The standard InChI is InChI=1S/C27H31N3O2SSi/c1-20(16-22-17-21-18-28-26(33-5)29-25(21)19-30(22)31)32-34(27(2,3)4,23-12-8-6-9-13-23)24-14-10-7-11-15-24/h6-15,17-20H,16H2,1-5H3/t20-/m0/s1. The van der Waals surface area contributed by atoms with Gasteiger partial charge in [-0.2, -0.15) is 4.73 Å². The minimum absolute atomic E-state index is 0.122. The van der Waals surface area contributed by atoms with Crippen molar-refractivity contribution in [1.82, 2.24) is 9.97 Å². The van der Waals surface area contributed by atoms with Crippen molar-refractivity contribution < 1.29 is 9.16 Å². The Kier molecular flexibility index (Phi) is 7.07. The summed E-state index contributed by atoms with van der Waals surface area (Å²) in [5.41, 5.74) is 1.30. The summed E-state index contributed by atoms with van der Waals surface area (Å²) in [5, 5.41) is 16.7. The molecule has 0 amide bonds. The predicted molar refractivity (Wildman–Crippen MR) is 142 cm³/mol. The molecule has 0 saturated heterocycles. The van der Waals surface area contributed by atoms with Crippen LogP contribution in [0.3, 0.4) is 0 Å². The molecule has 0 spiro atoms. The van der Waals surface area contributed by atoms with Gasteiger partial charge >= 0.3 is 0 Å². The highest BCUT2D eigenvalue weighted by atomic mass is 32.2. The average Bonchev–Trinajstić information content (AvgIpc) is 2.83. The van der Waals surface area contributed by atoms with Crippen LogP contribution in [-0.2, 0) is 10.8 Å². The van der Waals surface area contributed by atoms with Crippen LogP contribution >= 0.6 is 11.8 Å². The molecule has 2 aromatic heterocycles. The highest BCUT2D eigenvalue weighted by molar-refractivity contribution is 7.98. The Morgan fingerprint density at radius 2 is 1.62 bits per heavy atom. The zero-order chi connectivity index (χ0) is 24.3. The molecule has 5 nitrogen and oxygen atoms in total. The number of hydrogen-bond acceptors (Lipinski definition) is 5. The van der Waals surface area contributed by atoms with Crippen molar-refractivity contribution >= 4 is 41.4 Å². The van der Waals surface area contributed by atoms with E-state index in [2.05, 4.69) is 86.2 Å². The number of fused-ring (bicyclic) bond motifs is 1. The second-order valence-electron chi connectivity index (χ2n) is 9.58. The van der Waals surface area contributed by atoms with Gasteiger partial charge in [-0.05, 0) is 28.6 Å². The van der Waals surface area contributed by atoms with E-state index in [0.29, 0.717) is 22.8 Å². The van der Waals surface area contributed by atoms with Gasteiger partial charge in [-0.15, -0.1) is 0 Å². The van der Waals surface area contributed by atoms with Crippen molar-refractivity contribution in [2.75, 3.05) is 6.26 Å². The van der Waals surface area contributed by atoms with E-state index in [1.54, 1.807) is 12.4 Å². The summed E-state index contributed by atoms with van der Waals surface area (Å²) in [4.78, 5) is 8.81. The van der Waals surface area contributed by atoms with Crippen LogP contribution in [0, 0.1) is 5.21 Å². The fraction of sp³-hybridized carbons (Fsp3) is 0.296. The SMILES string of the molecule is CSc1ncc2cc(C[C@H](C)O[Si](c3ccccc3)(c3ccccc3)C(C)(C)C)[n+]([O-])cc2n1. The predicted octanol–water partition coefficient (Wildman–Crippen LogP) is 4.49. The maximum atomic E-state index is 12.9. The Bertz CT molecular complexity index is 1220. The Labute approximate surface area is 207 Å². The summed E-state index contributed by atoms with van der Waals surface area (Å²) in [7, 11) is -2.69. The quantitative estimate of drug-likeness (QED) is 0.126. The maximum absolute atomic E-state index is 12.9. The highest BCUT2D eigenvalue weighted by Crippen LogP contribution is 2.37. The molecular weight excluding hydrogens is 458 g/mol. The van der Waals surface area contributed by atoms with Crippen LogP contribution in [0.25, 0.3) is 10.9 Å². The van der Waals surface area contributed by atoms with Gasteiger partial charge in [0.15, 0.2) is 10.9 Å². The first-order chi connectivity index (χ1) is 16.2. The van der Waals surface area contributed by atoms with E-state index >= 15 is 0 Å². The molecule has 0 radical (unpaired) electrons. The molecule has 0 bridgehead atoms. The van der Waals surface area contributed by atoms with Gasteiger partial charge < -0.3 is 9.63 Å². The first-order valence-electron chi connectivity index (χ1n) is 11.5. The van der Waals surface area contributed by atoms with Crippen molar-refractivity contribution in [3.05, 3.63) is 90.0 Å². The number of aromatic nitrogens is 3. The molecule has 4 rings (SSSR count). The topological polar surface area (TPSA) is 62.0 Å². The molecule has 34 heavy (non-hydrogen) atoms. The Morgan fingerprint density at radius 3 is 2.15 bits per heavy atom. The number of benzene rings is 2. The number of rotatable bonds is 7. The summed E-state index contributed by atoms with van der Waals surface area (Å²) >= 11 is 1.46. The molecule has 0 N–H and O–H groups in total. The molecule has 1 atom stereocenters. The smallest absolute Gasteiger partial charge is 0.261 e. The van der Waals surface area contributed by atoms with Crippen LogP contribution in [0.5, 0.6) is 0 Å². The molecule has 0 aliphatic rings. The van der Waals surface area contributed by atoms with Crippen LogP contribution < -0.4 is 15.1 Å². The van der Waals surface area contributed by atoms with Gasteiger partial charge in [0.05, 0.1) is 12.5 Å². The first kappa shape index (κ1) is 24.4. The lowest BCUT2D eigenvalue weighted by atomic mass is 10.1. The molecule has 2 aromatic carbocycles. The van der Waals surface area contributed by atoms with Gasteiger partial charge in [-0.25, -0.2) is 9.97 Å². The lowest BCUT2D eigenvalue weighted by molar-refractivity contribution is -0.613. The number of nitrogens with zero attached hydrogens (tertiary/aromatic N) is 3. The number of hydrogen-bond donors (Lipinski definition) is 0. The van der Waals surface area contributed by atoms with Crippen molar-refractivity contribution in [2.45, 2.75) is 50.4 Å². The molecule has 2 heterocycles. The average molecular weight is 490 g/mol. The molecule has 0 aliphatic carbocycles. The normalized spacial score (nSPS) is 13.2. The van der Waals surface area contributed by atoms with Crippen molar-refractivity contribution in [1.29, 1.82) is 0 Å². The third kappa shape index (κ3) is 4.73. The molecular formula is C27H31N3O2SSi. The molecule has 0 fully saturated rings. The second-order valence-corrected chi connectivity index (χ2v) is 14.6. The zero-order valence-corrected chi connectivity index (χ0v) is 22.2. The van der Waals surface area contributed by atoms with E-state index in [9.17, 15) is 5.21 Å². The third-order valence-electron chi connectivity index (χ3n) is 6.14. The molecule has 7 heteroatoms. The molecule has 0 aliphatic heterocycles. The van der Waals surface area contributed by atoms with Crippen LogP contribution in [0.4, 0.5) is 0 Å². The zero-order valence-electron chi connectivity index (χ0n) is 20.4. The first-order valence-corrected chi connectivity index (χ1v) is 14.6. The van der Waals surface area contributed by atoms with E-state index in [0.717, 1.165) is 10.1 Å². The largest absolute Gasteiger partial charge is 0.618 e. The number of thioether (sulfide) groups is 1. The summed E-state index contributed by atoms with van der Waals surface area (Å²) in [6.07, 6.45) is 5.57. The third-order valence-corrected chi connectivity index (χ3v) is 11.9.